The van der Waals surface area contributed by atoms with Gasteiger partial charge in [-0.2, -0.15) is 0 Å². The molecule has 1 saturated carbocycles. The van der Waals surface area contributed by atoms with Crippen LogP contribution in [0.5, 0.6) is 0 Å². The molecule has 1 N–H and O–H groups in total. The van der Waals surface area contributed by atoms with Gasteiger partial charge in [-0.1, -0.05) is 41.9 Å². The number of alkyl carbamates (subject to hydrolysis) is 1. The molecule has 0 unspecified atom stereocenters. The van der Waals surface area contributed by atoms with Gasteiger partial charge in [-0.25, -0.2) is 4.79 Å². The number of ether oxygens (including phenoxy) is 1. The quantitative estimate of drug-likeness (QED) is 0.773. The van der Waals surface area contributed by atoms with Crippen LogP contribution in [0.4, 0.5) is 4.79 Å². The van der Waals surface area contributed by atoms with Crippen LogP contribution in [0, 0.1) is 0 Å². The number of halogens is 1. The van der Waals surface area contributed by atoms with Crippen LogP contribution < -0.4 is 5.32 Å². The summed E-state index contributed by atoms with van der Waals surface area (Å²) < 4.78 is 6.40. The molecule has 1 aromatic carbocycles. The van der Waals surface area contributed by atoms with Gasteiger partial charge in [0.15, 0.2) is 0 Å². The van der Waals surface area contributed by atoms with E-state index in [1.165, 1.54) is 0 Å². The summed E-state index contributed by atoms with van der Waals surface area (Å²) in [5.74, 6) is 0. The van der Waals surface area contributed by atoms with Crippen molar-refractivity contribution in [3.05, 3.63) is 34.3 Å². The molecule has 1 fully saturated rings. The van der Waals surface area contributed by atoms with Crippen molar-refractivity contribution in [2.75, 3.05) is 0 Å². The fourth-order valence-corrected chi connectivity index (χ4v) is 2.55. The Hall–Kier alpha value is -1.03. The minimum absolute atomic E-state index is 0.247. The zero-order valence-corrected chi connectivity index (χ0v) is 15.2. The van der Waals surface area contributed by atoms with E-state index in [9.17, 15) is 4.79 Å². The number of hydrogen-bond acceptors (Lipinski definition) is 2. The zero-order chi connectivity index (χ0) is 16.1. The largest absolute Gasteiger partial charge is 0.444 e. The van der Waals surface area contributed by atoms with E-state index in [-0.39, 0.29) is 11.6 Å². The first-order valence-corrected chi connectivity index (χ1v) is 8.37. The zero-order valence-electron chi connectivity index (χ0n) is 13.6. The maximum absolute atomic E-state index is 12.0. The minimum Gasteiger partial charge on any atom is -0.444 e. The maximum atomic E-state index is 12.0. The van der Waals surface area contributed by atoms with Crippen LogP contribution in [0.25, 0.3) is 0 Å². The first kappa shape index (κ1) is 18.0. The lowest BCUT2D eigenvalue weighted by atomic mass is 9.72. The molecule has 0 radical (unpaired) electrons. The molecule has 0 heterocycles. The van der Waals surface area contributed by atoms with Crippen molar-refractivity contribution in [2.24, 2.45) is 0 Å². The van der Waals surface area contributed by atoms with Crippen LogP contribution in [-0.2, 0) is 10.3 Å². The number of benzene rings is 1. The maximum Gasteiger partial charge on any atom is 0.408 e. The van der Waals surface area contributed by atoms with Crippen LogP contribution in [-0.4, -0.2) is 11.7 Å². The van der Waals surface area contributed by atoms with E-state index >= 15 is 0 Å². The molecule has 0 atom stereocenters. The number of amides is 1. The Bertz CT molecular complexity index is 459. The third-order valence-corrected chi connectivity index (χ3v) is 3.87. The van der Waals surface area contributed by atoms with E-state index in [1.807, 2.05) is 46.8 Å². The average molecular weight is 356 g/mol. The molecule has 1 aliphatic carbocycles. The molecular weight excluding hydrogens is 330 g/mol. The summed E-state index contributed by atoms with van der Waals surface area (Å²) in [6, 6.07) is 8.12. The lowest BCUT2D eigenvalue weighted by Gasteiger charge is -2.43. The Morgan fingerprint density at radius 1 is 1.19 bits per heavy atom. The highest BCUT2D eigenvalue weighted by atomic mass is 79.9. The van der Waals surface area contributed by atoms with E-state index in [4.69, 9.17) is 4.74 Å². The topological polar surface area (TPSA) is 38.3 Å². The van der Waals surface area contributed by atoms with Crippen molar-refractivity contribution < 1.29 is 9.53 Å². The average Bonchev–Trinajstić information content (AvgIpc) is 2.35. The fourth-order valence-electron chi connectivity index (χ4n) is 2.28. The van der Waals surface area contributed by atoms with E-state index < -0.39 is 5.60 Å². The highest BCUT2D eigenvalue weighted by Crippen LogP contribution is 2.41. The van der Waals surface area contributed by atoms with Gasteiger partial charge in [-0.3, -0.25) is 0 Å². The standard InChI is InChI=1S/C15H20BrNO2.C2H6/c1-14(2,3)19-13(18)17-15(9-4-10-15)11-5-7-12(16)8-6-11;1-2/h5-8H,4,9-10H2,1-3H3,(H,17,18);1-2H3. The van der Waals surface area contributed by atoms with E-state index in [1.54, 1.807) is 0 Å². The van der Waals surface area contributed by atoms with Crippen LogP contribution in [0.3, 0.4) is 0 Å². The van der Waals surface area contributed by atoms with Gasteiger partial charge in [-0.05, 0) is 57.7 Å². The number of carbonyl (C=O) groups excluding carboxylic acids is 1. The summed E-state index contributed by atoms with van der Waals surface area (Å²) >= 11 is 3.43. The molecule has 0 spiro atoms. The Kier molecular flexibility index (Phi) is 6.26. The Morgan fingerprint density at radius 3 is 2.10 bits per heavy atom. The second-order valence-electron chi connectivity index (χ2n) is 6.07. The van der Waals surface area contributed by atoms with Gasteiger partial charge in [0.1, 0.15) is 5.60 Å². The summed E-state index contributed by atoms with van der Waals surface area (Å²) in [7, 11) is 0. The lowest BCUT2D eigenvalue weighted by molar-refractivity contribution is 0.0377. The lowest BCUT2D eigenvalue weighted by Crippen LogP contribution is -2.52. The molecule has 21 heavy (non-hydrogen) atoms. The highest BCUT2D eigenvalue weighted by Gasteiger charge is 2.41. The van der Waals surface area contributed by atoms with Crippen LogP contribution in [0.2, 0.25) is 0 Å². The molecule has 2 rings (SSSR count). The molecule has 0 aliphatic heterocycles. The smallest absolute Gasteiger partial charge is 0.408 e. The normalized spacial score (nSPS) is 16.1. The number of hydrogen-bond donors (Lipinski definition) is 1. The van der Waals surface area contributed by atoms with Crippen molar-refractivity contribution >= 4 is 22.0 Å². The minimum atomic E-state index is -0.464. The summed E-state index contributed by atoms with van der Waals surface area (Å²) in [5.41, 5.74) is 0.436. The predicted octanol–water partition coefficient (Wildman–Crippen LogP) is 5.38. The van der Waals surface area contributed by atoms with Gasteiger partial charge in [0.25, 0.3) is 0 Å². The van der Waals surface area contributed by atoms with Crippen molar-refractivity contribution in [3.63, 3.8) is 0 Å². The fraction of sp³-hybridized carbons (Fsp3) is 0.588. The van der Waals surface area contributed by atoms with Crippen LogP contribution >= 0.6 is 15.9 Å². The number of nitrogens with one attached hydrogen (secondary N) is 1. The summed E-state index contributed by atoms with van der Waals surface area (Å²) in [4.78, 5) is 12.0. The highest BCUT2D eigenvalue weighted by molar-refractivity contribution is 9.10. The molecule has 0 aromatic heterocycles. The molecule has 0 bridgehead atoms. The van der Waals surface area contributed by atoms with Crippen molar-refractivity contribution in [2.45, 2.75) is 65.0 Å². The van der Waals surface area contributed by atoms with Gasteiger partial charge in [0, 0.05) is 4.47 Å². The first-order chi connectivity index (χ1) is 9.81. The number of carbonyl (C=O) groups is 1. The summed E-state index contributed by atoms with van der Waals surface area (Å²) in [6.07, 6.45) is 2.73. The first-order valence-electron chi connectivity index (χ1n) is 7.58. The third kappa shape index (κ3) is 5.03. The van der Waals surface area contributed by atoms with Gasteiger partial charge < -0.3 is 10.1 Å². The molecule has 0 saturated heterocycles. The second-order valence-corrected chi connectivity index (χ2v) is 6.99. The van der Waals surface area contributed by atoms with Crippen molar-refractivity contribution in [1.82, 2.24) is 5.32 Å². The van der Waals surface area contributed by atoms with Crippen LogP contribution in [0.1, 0.15) is 59.4 Å². The molecule has 118 valence electrons. The molecular formula is C17H26BrNO2. The van der Waals surface area contributed by atoms with Gasteiger partial charge in [0.05, 0.1) is 5.54 Å². The molecule has 1 aliphatic rings. The second kappa shape index (κ2) is 7.30. The predicted molar refractivity (Wildman–Crippen MR) is 90.4 cm³/mol. The van der Waals surface area contributed by atoms with E-state index in [0.29, 0.717) is 0 Å². The SMILES string of the molecule is CC.CC(C)(C)OC(=O)NC1(c2ccc(Br)cc2)CCC1. The Balaban J connectivity index is 0.00000106. The van der Waals surface area contributed by atoms with E-state index in [0.717, 1.165) is 29.3 Å². The van der Waals surface area contributed by atoms with Crippen LogP contribution in [0.15, 0.2) is 28.7 Å². The van der Waals surface area contributed by atoms with Crippen molar-refractivity contribution in [1.29, 1.82) is 0 Å². The van der Waals surface area contributed by atoms with E-state index in [2.05, 4.69) is 33.4 Å². The van der Waals surface area contributed by atoms with Crippen molar-refractivity contribution in [3.8, 4) is 0 Å². The molecule has 1 amide bonds. The third-order valence-electron chi connectivity index (χ3n) is 3.34. The summed E-state index contributed by atoms with van der Waals surface area (Å²) in [5, 5.41) is 3.05. The molecule has 1 aromatic rings. The Labute approximate surface area is 136 Å². The summed E-state index contributed by atoms with van der Waals surface area (Å²) in [6.45, 7) is 9.62. The monoisotopic (exact) mass is 355 g/mol. The molecule has 3 nitrogen and oxygen atoms in total. The molecule has 4 heteroatoms. The number of rotatable bonds is 2. The van der Waals surface area contributed by atoms with Gasteiger partial charge in [0.2, 0.25) is 0 Å². The van der Waals surface area contributed by atoms with Gasteiger partial charge >= 0.3 is 6.09 Å². The van der Waals surface area contributed by atoms with Gasteiger partial charge in [-0.15, -0.1) is 0 Å². The Morgan fingerprint density at radius 2 is 1.71 bits per heavy atom.